The van der Waals surface area contributed by atoms with Crippen LogP contribution >= 0.6 is 0 Å². The first-order chi connectivity index (χ1) is 24.7. The number of esters is 1. The maximum atomic E-state index is 12.1. The number of methoxy groups -OCH3 is 1. The van der Waals surface area contributed by atoms with Crippen molar-refractivity contribution in [2.75, 3.05) is 59.5 Å². The molecule has 4 aromatic rings. The molecular weight excluding hydrogens is 648 g/mol. The molecule has 2 atom stereocenters. The molecule has 2 unspecified atom stereocenters. The van der Waals surface area contributed by atoms with Gasteiger partial charge in [0.25, 0.3) is 0 Å². The molecule has 2 aliphatic heterocycles. The lowest BCUT2D eigenvalue weighted by atomic mass is 10.0. The summed E-state index contributed by atoms with van der Waals surface area (Å²) >= 11 is 0. The van der Waals surface area contributed by atoms with Crippen LogP contribution in [-0.4, -0.2) is 116 Å². The number of hydrogen-bond donors (Lipinski definition) is 3. The molecule has 6 heterocycles. The average Bonchev–Trinajstić information content (AvgIpc) is 3.70. The zero-order valence-corrected chi connectivity index (χ0v) is 30.1. The molecule has 14 nitrogen and oxygen atoms in total. The number of piperidine rings is 2. The maximum Gasteiger partial charge on any atom is 0.338 e. The summed E-state index contributed by atoms with van der Waals surface area (Å²) in [4.78, 5) is 36.6. The van der Waals surface area contributed by atoms with Crippen LogP contribution in [0, 0.1) is 13.8 Å². The standard InChI is InChI=1S/C19H27N5O2.C18H25N5O2/c1-14-11-22-24(16-4-3-8-23(13-16)9-6-20)18(14)10-15-12-21-7-5-17(15)19(25)26-2;1-13-10-21-23(15-3-2-7-22(12-15)8-5-19)17(13)9-14-11-20-6-4-16(14)18(24)25/h5,7,11-12,16H,3-4,6,8-10,13,20H2,1-2H3;4,6,10-11,15H,2-3,5,7-9,12,19H2,1H3,(H,24,25). The highest BCUT2D eigenvalue weighted by molar-refractivity contribution is 5.91. The molecule has 0 amide bonds. The van der Waals surface area contributed by atoms with Crippen molar-refractivity contribution < 1.29 is 19.4 Å². The van der Waals surface area contributed by atoms with Crippen LogP contribution in [0.1, 0.15) is 92.1 Å². The van der Waals surface area contributed by atoms with Gasteiger partial charge in [0.15, 0.2) is 0 Å². The summed E-state index contributed by atoms with van der Waals surface area (Å²) in [6.07, 6.45) is 15.9. The number of ether oxygens (including phenoxy) is 1. The Kier molecular flexibility index (Phi) is 13.4. The summed E-state index contributed by atoms with van der Waals surface area (Å²) in [6, 6.07) is 3.89. The fourth-order valence-electron chi connectivity index (χ4n) is 7.26. The van der Waals surface area contributed by atoms with Crippen LogP contribution in [0.5, 0.6) is 0 Å². The minimum absolute atomic E-state index is 0.300. The van der Waals surface area contributed by atoms with Crippen LogP contribution in [0.2, 0.25) is 0 Å². The molecular formula is C37H52N10O4. The smallest absolute Gasteiger partial charge is 0.338 e. The number of hydrogen-bond acceptors (Lipinski definition) is 11. The lowest BCUT2D eigenvalue weighted by molar-refractivity contribution is 0.0598. The number of carboxylic acids is 1. The number of pyridine rings is 2. The summed E-state index contributed by atoms with van der Waals surface area (Å²) in [7, 11) is 1.40. The highest BCUT2D eigenvalue weighted by Gasteiger charge is 2.26. The van der Waals surface area contributed by atoms with E-state index in [1.165, 1.54) is 13.3 Å². The molecule has 5 N–H and O–H groups in total. The van der Waals surface area contributed by atoms with Gasteiger partial charge in [-0.1, -0.05) is 0 Å². The Morgan fingerprint density at radius 1 is 0.784 bits per heavy atom. The molecule has 0 radical (unpaired) electrons. The van der Waals surface area contributed by atoms with E-state index in [9.17, 15) is 14.7 Å². The molecule has 2 aliphatic rings. The molecule has 4 aromatic heterocycles. The summed E-state index contributed by atoms with van der Waals surface area (Å²) < 4.78 is 9.12. The number of carbonyl (C=O) groups is 2. The van der Waals surface area contributed by atoms with E-state index in [2.05, 4.69) is 46.3 Å². The van der Waals surface area contributed by atoms with Gasteiger partial charge in [-0.25, -0.2) is 9.59 Å². The highest BCUT2D eigenvalue weighted by Crippen LogP contribution is 2.27. The first-order valence-corrected chi connectivity index (χ1v) is 17.8. The van der Waals surface area contributed by atoms with Gasteiger partial charge >= 0.3 is 11.9 Å². The lowest BCUT2D eigenvalue weighted by Crippen LogP contribution is -2.40. The average molecular weight is 701 g/mol. The monoisotopic (exact) mass is 700 g/mol. The molecule has 0 bridgehead atoms. The molecule has 0 aliphatic carbocycles. The molecule has 14 heteroatoms. The van der Waals surface area contributed by atoms with Crippen molar-refractivity contribution in [2.45, 2.75) is 64.5 Å². The topological polar surface area (TPSA) is 184 Å². The number of aromatic nitrogens is 6. The third kappa shape index (κ3) is 9.44. The van der Waals surface area contributed by atoms with Gasteiger partial charge in [0.2, 0.25) is 0 Å². The van der Waals surface area contributed by atoms with Crippen LogP contribution in [0.3, 0.4) is 0 Å². The second-order valence-corrected chi connectivity index (χ2v) is 13.4. The summed E-state index contributed by atoms with van der Waals surface area (Å²) in [6.45, 7) is 11.3. The zero-order valence-electron chi connectivity index (χ0n) is 30.1. The van der Waals surface area contributed by atoms with E-state index in [0.717, 1.165) is 98.6 Å². The van der Waals surface area contributed by atoms with Gasteiger partial charge in [-0.05, 0) is 87.0 Å². The zero-order chi connectivity index (χ0) is 36.3. The first-order valence-electron chi connectivity index (χ1n) is 17.8. The summed E-state index contributed by atoms with van der Waals surface area (Å²) in [5, 5.41) is 18.6. The van der Waals surface area contributed by atoms with Crippen molar-refractivity contribution in [3.05, 3.63) is 94.1 Å². The van der Waals surface area contributed by atoms with E-state index in [4.69, 9.17) is 16.2 Å². The molecule has 6 rings (SSSR count). The van der Waals surface area contributed by atoms with Crippen molar-refractivity contribution in [3.63, 3.8) is 0 Å². The highest BCUT2D eigenvalue weighted by atomic mass is 16.5. The van der Waals surface area contributed by atoms with Crippen LogP contribution < -0.4 is 11.5 Å². The van der Waals surface area contributed by atoms with Crippen molar-refractivity contribution in [1.29, 1.82) is 0 Å². The number of nitrogens with two attached hydrogens (primary N) is 2. The van der Waals surface area contributed by atoms with Gasteiger partial charge in [-0.2, -0.15) is 10.2 Å². The Labute approximate surface area is 299 Å². The van der Waals surface area contributed by atoms with E-state index >= 15 is 0 Å². The third-order valence-corrected chi connectivity index (χ3v) is 9.92. The van der Waals surface area contributed by atoms with E-state index in [1.54, 1.807) is 30.7 Å². The van der Waals surface area contributed by atoms with Gasteiger partial charge in [-0.15, -0.1) is 0 Å². The number of carbonyl (C=O) groups excluding carboxylic acids is 1. The second-order valence-electron chi connectivity index (χ2n) is 13.4. The Morgan fingerprint density at radius 2 is 1.25 bits per heavy atom. The Morgan fingerprint density at radius 3 is 1.71 bits per heavy atom. The third-order valence-electron chi connectivity index (χ3n) is 9.92. The number of likely N-dealkylation sites (tertiary alicyclic amines) is 2. The van der Waals surface area contributed by atoms with Gasteiger partial charge < -0.3 is 21.3 Å². The molecule has 0 spiro atoms. The van der Waals surface area contributed by atoms with Gasteiger partial charge in [0.05, 0.1) is 42.7 Å². The van der Waals surface area contributed by atoms with Crippen LogP contribution in [0.25, 0.3) is 0 Å². The van der Waals surface area contributed by atoms with Crippen LogP contribution in [-0.2, 0) is 17.6 Å². The number of aromatic carboxylic acids is 1. The van der Waals surface area contributed by atoms with Crippen molar-refractivity contribution in [3.8, 4) is 0 Å². The summed E-state index contributed by atoms with van der Waals surface area (Å²) in [5.74, 6) is -1.26. The Hall–Kier alpha value is -4.50. The number of carboxylic acid groups (broad SMARTS) is 1. The Balaban J connectivity index is 0.000000198. The molecule has 51 heavy (non-hydrogen) atoms. The van der Waals surface area contributed by atoms with Gasteiger partial charge in [0.1, 0.15) is 0 Å². The van der Waals surface area contributed by atoms with Crippen molar-refractivity contribution in [1.82, 2.24) is 39.3 Å². The second kappa shape index (κ2) is 18.1. The predicted octanol–water partition coefficient (Wildman–Crippen LogP) is 3.03. The number of rotatable bonds is 12. The first kappa shape index (κ1) is 37.7. The molecule has 0 aromatic carbocycles. The van der Waals surface area contributed by atoms with E-state index < -0.39 is 5.97 Å². The molecule has 274 valence electrons. The Bertz CT molecular complexity index is 1750. The van der Waals surface area contributed by atoms with Crippen molar-refractivity contribution in [2.24, 2.45) is 11.5 Å². The number of aryl methyl sites for hydroxylation is 2. The van der Waals surface area contributed by atoms with Crippen molar-refractivity contribution >= 4 is 11.9 Å². The number of nitrogens with zero attached hydrogens (tertiary/aromatic N) is 8. The van der Waals surface area contributed by atoms with Crippen LogP contribution in [0.4, 0.5) is 0 Å². The normalized spacial score (nSPS) is 18.2. The molecule has 2 saturated heterocycles. The fraction of sp³-hybridized carbons (Fsp3) is 0.514. The van der Waals surface area contributed by atoms with Crippen LogP contribution in [0.15, 0.2) is 49.3 Å². The van der Waals surface area contributed by atoms with Gasteiger partial charge in [0, 0.05) is 88.3 Å². The SMILES string of the molecule is COC(=O)c1ccncc1Cc1c(C)cnn1C1CCCN(CCN)C1.Cc1cnn(C2CCCN(CCN)C2)c1Cc1cnccc1C(=O)O. The molecule has 0 saturated carbocycles. The largest absolute Gasteiger partial charge is 0.478 e. The fourth-order valence-corrected chi connectivity index (χ4v) is 7.26. The minimum atomic E-state index is -0.923. The lowest BCUT2D eigenvalue weighted by Gasteiger charge is -2.33. The predicted molar refractivity (Wildman–Crippen MR) is 194 cm³/mol. The quantitative estimate of drug-likeness (QED) is 0.184. The minimum Gasteiger partial charge on any atom is -0.478 e. The maximum absolute atomic E-state index is 12.1. The molecule has 2 fully saturated rings. The van der Waals surface area contributed by atoms with E-state index in [1.807, 2.05) is 19.3 Å². The van der Waals surface area contributed by atoms with E-state index in [-0.39, 0.29) is 5.97 Å². The van der Waals surface area contributed by atoms with Gasteiger partial charge in [-0.3, -0.25) is 29.1 Å². The summed E-state index contributed by atoms with van der Waals surface area (Å²) in [5.41, 5.74) is 18.3. The van der Waals surface area contributed by atoms with E-state index in [0.29, 0.717) is 49.1 Å².